The molecule has 5 heteroatoms. The lowest BCUT2D eigenvalue weighted by molar-refractivity contribution is 0.260. The van der Waals surface area contributed by atoms with Gasteiger partial charge in [0.05, 0.1) is 0 Å². The molecule has 1 aromatic rings. The zero-order chi connectivity index (χ0) is 12.9. The number of nitrogens with one attached hydrogen (secondary N) is 2. The van der Waals surface area contributed by atoms with Crippen molar-refractivity contribution in [3.8, 4) is 0 Å². The molecule has 0 fully saturated rings. The van der Waals surface area contributed by atoms with Crippen LogP contribution in [-0.2, 0) is 0 Å². The van der Waals surface area contributed by atoms with E-state index in [1.165, 1.54) is 0 Å². The summed E-state index contributed by atoms with van der Waals surface area (Å²) < 4.78 is 0. The van der Waals surface area contributed by atoms with Crippen LogP contribution >= 0.6 is 0 Å². The zero-order valence-corrected chi connectivity index (χ0v) is 11.0. The van der Waals surface area contributed by atoms with E-state index in [1.807, 2.05) is 33.8 Å². The lowest BCUT2D eigenvalue weighted by atomic mass is 10.0. The molecule has 0 atom stereocenters. The predicted molar refractivity (Wildman–Crippen MR) is 70.3 cm³/mol. The molecular formula is C12H22N4O. The largest absolute Gasteiger partial charge is 0.396 e. The molecule has 0 aromatic carbocycles. The molecule has 0 radical (unpaired) electrons. The summed E-state index contributed by atoms with van der Waals surface area (Å²) in [4.78, 5) is 8.66. The number of rotatable bonds is 6. The molecule has 0 bridgehead atoms. The first-order chi connectivity index (χ1) is 7.96. The summed E-state index contributed by atoms with van der Waals surface area (Å²) in [5, 5.41) is 15.4. The normalized spacial score (nSPS) is 11.4. The minimum atomic E-state index is -0.182. The van der Waals surface area contributed by atoms with Crippen LogP contribution in [0.15, 0.2) is 6.07 Å². The molecule has 96 valence electrons. The Hall–Kier alpha value is -1.36. The van der Waals surface area contributed by atoms with Gasteiger partial charge in [0.1, 0.15) is 5.82 Å². The van der Waals surface area contributed by atoms with E-state index in [4.69, 9.17) is 5.11 Å². The molecule has 3 N–H and O–H groups in total. The first-order valence-electron chi connectivity index (χ1n) is 5.95. The third kappa shape index (κ3) is 4.56. The smallest absolute Gasteiger partial charge is 0.224 e. The van der Waals surface area contributed by atoms with Gasteiger partial charge < -0.3 is 15.7 Å². The number of aliphatic hydroxyl groups excluding tert-OH is 1. The van der Waals surface area contributed by atoms with Gasteiger partial charge in [-0.25, -0.2) is 4.98 Å². The van der Waals surface area contributed by atoms with E-state index in [1.54, 1.807) is 0 Å². The van der Waals surface area contributed by atoms with Gasteiger partial charge in [0.2, 0.25) is 5.95 Å². The fraction of sp³-hybridized carbons (Fsp3) is 0.667. The molecule has 0 aliphatic rings. The summed E-state index contributed by atoms with van der Waals surface area (Å²) in [6.45, 7) is 8.97. The topological polar surface area (TPSA) is 70.1 Å². The minimum Gasteiger partial charge on any atom is -0.396 e. The molecule has 1 aromatic heterocycles. The van der Waals surface area contributed by atoms with Crippen molar-refractivity contribution >= 4 is 11.8 Å². The van der Waals surface area contributed by atoms with Gasteiger partial charge in [-0.1, -0.05) is 0 Å². The summed E-state index contributed by atoms with van der Waals surface area (Å²) in [7, 11) is 0. The summed E-state index contributed by atoms with van der Waals surface area (Å²) in [5.41, 5.74) is 0.734. The van der Waals surface area contributed by atoms with Gasteiger partial charge in [0.25, 0.3) is 0 Å². The van der Waals surface area contributed by atoms with E-state index >= 15 is 0 Å². The maximum atomic E-state index is 8.99. The van der Waals surface area contributed by atoms with Gasteiger partial charge in [-0.05, 0) is 34.1 Å². The van der Waals surface area contributed by atoms with Crippen molar-refractivity contribution in [2.75, 3.05) is 23.8 Å². The molecule has 0 saturated carbocycles. The van der Waals surface area contributed by atoms with Gasteiger partial charge in [-0.2, -0.15) is 4.98 Å². The van der Waals surface area contributed by atoms with Crippen molar-refractivity contribution in [3.05, 3.63) is 11.8 Å². The number of aryl methyl sites for hydroxylation is 1. The zero-order valence-electron chi connectivity index (χ0n) is 11.0. The second-order valence-corrected chi connectivity index (χ2v) is 4.73. The van der Waals surface area contributed by atoms with Crippen molar-refractivity contribution in [2.24, 2.45) is 0 Å². The summed E-state index contributed by atoms with van der Waals surface area (Å²) in [6.07, 6.45) is 0.673. The Morgan fingerprint density at radius 1 is 1.35 bits per heavy atom. The Bertz CT molecular complexity index is 366. The molecule has 0 amide bonds. The maximum Gasteiger partial charge on any atom is 0.224 e. The third-order valence-corrected chi connectivity index (χ3v) is 2.39. The Kier molecular flexibility index (Phi) is 4.69. The number of aliphatic hydroxyl groups is 1. The number of aromatic nitrogens is 2. The van der Waals surface area contributed by atoms with Crippen LogP contribution in [0.3, 0.4) is 0 Å². The Morgan fingerprint density at radius 3 is 2.65 bits per heavy atom. The van der Waals surface area contributed by atoms with E-state index < -0.39 is 0 Å². The lowest BCUT2D eigenvalue weighted by Gasteiger charge is -2.26. The first-order valence-corrected chi connectivity index (χ1v) is 5.95. The number of hydrogen-bond acceptors (Lipinski definition) is 5. The summed E-state index contributed by atoms with van der Waals surface area (Å²) in [6, 6.07) is 1.90. The van der Waals surface area contributed by atoms with E-state index in [-0.39, 0.29) is 12.1 Å². The van der Waals surface area contributed by atoms with Crippen LogP contribution in [0.2, 0.25) is 0 Å². The molecule has 17 heavy (non-hydrogen) atoms. The van der Waals surface area contributed by atoms with E-state index in [0.29, 0.717) is 12.4 Å². The van der Waals surface area contributed by atoms with Crippen LogP contribution in [-0.4, -0.2) is 33.8 Å². The molecule has 0 aliphatic carbocycles. The van der Waals surface area contributed by atoms with Crippen molar-refractivity contribution in [3.63, 3.8) is 0 Å². The van der Waals surface area contributed by atoms with E-state index in [9.17, 15) is 0 Å². The summed E-state index contributed by atoms with van der Waals surface area (Å²) >= 11 is 0. The SMILES string of the molecule is CCNc1nc(C)cc(NC(C)(C)CCO)n1. The Balaban J connectivity index is 2.83. The van der Waals surface area contributed by atoms with Crippen molar-refractivity contribution in [2.45, 2.75) is 39.7 Å². The van der Waals surface area contributed by atoms with Gasteiger partial charge in [0.15, 0.2) is 0 Å². The minimum absolute atomic E-state index is 0.157. The lowest BCUT2D eigenvalue weighted by Crippen LogP contribution is -2.32. The van der Waals surface area contributed by atoms with E-state index in [2.05, 4.69) is 20.6 Å². The Morgan fingerprint density at radius 2 is 2.06 bits per heavy atom. The fourth-order valence-electron chi connectivity index (χ4n) is 1.56. The van der Waals surface area contributed by atoms with Crippen molar-refractivity contribution in [1.29, 1.82) is 0 Å². The second-order valence-electron chi connectivity index (χ2n) is 4.73. The van der Waals surface area contributed by atoms with Crippen LogP contribution in [0, 0.1) is 6.92 Å². The van der Waals surface area contributed by atoms with Crippen LogP contribution < -0.4 is 10.6 Å². The number of hydrogen-bond donors (Lipinski definition) is 3. The quantitative estimate of drug-likeness (QED) is 0.705. The van der Waals surface area contributed by atoms with Crippen molar-refractivity contribution < 1.29 is 5.11 Å². The van der Waals surface area contributed by atoms with Gasteiger partial charge in [-0.3, -0.25) is 0 Å². The molecule has 0 spiro atoms. The third-order valence-electron chi connectivity index (χ3n) is 2.39. The fourth-order valence-corrected chi connectivity index (χ4v) is 1.56. The molecule has 1 heterocycles. The Labute approximate surface area is 103 Å². The van der Waals surface area contributed by atoms with Crippen molar-refractivity contribution in [1.82, 2.24) is 9.97 Å². The molecular weight excluding hydrogens is 216 g/mol. The van der Waals surface area contributed by atoms with Crippen LogP contribution in [0.1, 0.15) is 32.9 Å². The highest BCUT2D eigenvalue weighted by atomic mass is 16.3. The molecule has 1 rings (SSSR count). The van der Waals surface area contributed by atoms with Crippen LogP contribution in [0.4, 0.5) is 11.8 Å². The maximum absolute atomic E-state index is 8.99. The van der Waals surface area contributed by atoms with Gasteiger partial charge in [-0.15, -0.1) is 0 Å². The molecule has 0 aliphatic heterocycles. The number of anilines is 2. The molecule has 0 unspecified atom stereocenters. The molecule has 0 saturated heterocycles. The average Bonchev–Trinajstić information content (AvgIpc) is 2.15. The molecule has 5 nitrogen and oxygen atoms in total. The highest BCUT2D eigenvalue weighted by Gasteiger charge is 2.17. The highest BCUT2D eigenvalue weighted by molar-refractivity contribution is 5.43. The summed E-state index contributed by atoms with van der Waals surface area (Å²) in [5.74, 6) is 1.42. The van der Waals surface area contributed by atoms with Crippen LogP contribution in [0.25, 0.3) is 0 Å². The predicted octanol–water partition coefficient (Wildman–Crippen LogP) is 1.79. The number of nitrogens with zero attached hydrogens (tertiary/aromatic N) is 2. The average molecular weight is 238 g/mol. The second kappa shape index (κ2) is 5.82. The van der Waals surface area contributed by atoms with Gasteiger partial charge in [0, 0.05) is 30.5 Å². The monoisotopic (exact) mass is 238 g/mol. The first kappa shape index (κ1) is 13.7. The van der Waals surface area contributed by atoms with E-state index in [0.717, 1.165) is 18.1 Å². The highest BCUT2D eigenvalue weighted by Crippen LogP contribution is 2.17. The van der Waals surface area contributed by atoms with Crippen LogP contribution in [0.5, 0.6) is 0 Å². The standard InChI is InChI=1S/C12H22N4O/c1-5-13-11-14-9(2)8-10(15-11)16-12(3,4)6-7-17/h8,17H,5-7H2,1-4H3,(H2,13,14,15,16). The van der Waals surface area contributed by atoms with Gasteiger partial charge >= 0.3 is 0 Å².